The van der Waals surface area contributed by atoms with Gasteiger partial charge in [0.05, 0.1) is 8.07 Å². The molecule has 0 aliphatic carbocycles. The molecule has 0 saturated carbocycles. The Bertz CT molecular complexity index is 389. The molecule has 0 atom stereocenters. The molecule has 0 bridgehead atoms. The first-order valence-electron chi connectivity index (χ1n) is 4.96. The second kappa shape index (κ2) is 4.98. The number of hydrogen-bond acceptors (Lipinski definition) is 0. The Labute approximate surface area is 110 Å². The standard InChI is InChI=1S/C12H16Br2Si/c1-9(12(14)15(2,3)4)10-7-5-6-8-11(10)13/h5-8H,1-4H3/b12-9+. The molecule has 3 heteroatoms. The van der Waals surface area contributed by atoms with Crippen LogP contribution in [0, 0.1) is 0 Å². The number of hydrogen-bond donors (Lipinski definition) is 0. The fourth-order valence-corrected chi connectivity index (χ4v) is 3.50. The summed E-state index contributed by atoms with van der Waals surface area (Å²) in [7, 11) is -1.25. The van der Waals surface area contributed by atoms with Crippen LogP contribution in [0.2, 0.25) is 19.6 Å². The van der Waals surface area contributed by atoms with Crippen LogP contribution in [0.15, 0.2) is 32.8 Å². The van der Waals surface area contributed by atoms with E-state index in [9.17, 15) is 0 Å². The average Bonchev–Trinajstić information content (AvgIpc) is 2.15. The van der Waals surface area contributed by atoms with Crippen LogP contribution in [0.5, 0.6) is 0 Å². The highest BCUT2D eigenvalue weighted by Crippen LogP contribution is 2.33. The van der Waals surface area contributed by atoms with Crippen molar-refractivity contribution in [1.29, 1.82) is 0 Å². The maximum absolute atomic E-state index is 3.76. The largest absolute Gasteiger partial charge is 0.0869 e. The van der Waals surface area contributed by atoms with Gasteiger partial charge in [-0.05, 0) is 28.2 Å². The van der Waals surface area contributed by atoms with Crippen LogP contribution < -0.4 is 0 Å². The molecule has 0 nitrogen and oxygen atoms in total. The lowest BCUT2D eigenvalue weighted by atomic mass is 10.1. The van der Waals surface area contributed by atoms with E-state index in [0.29, 0.717) is 0 Å². The number of benzene rings is 1. The summed E-state index contributed by atoms with van der Waals surface area (Å²) in [6.07, 6.45) is 0. The molecule has 0 amide bonds. The van der Waals surface area contributed by atoms with Crippen LogP contribution >= 0.6 is 31.9 Å². The van der Waals surface area contributed by atoms with Gasteiger partial charge in [0.25, 0.3) is 0 Å². The predicted molar refractivity (Wildman–Crippen MR) is 79.0 cm³/mol. The summed E-state index contributed by atoms with van der Waals surface area (Å²) in [5.74, 6) is 0. The molecule has 0 unspecified atom stereocenters. The third kappa shape index (κ3) is 3.30. The summed E-state index contributed by atoms with van der Waals surface area (Å²) in [5, 5.41) is 0. The van der Waals surface area contributed by atoms with E-state index in [2.05, 4.69) is 76.6 Å². The molecule has 0 aliphatic rings. The molecule has 82 valence electrons. The Hall–Kier alpha value is 0.137. The van der Waals surface area contributed by atoms with Gasteiger partial charge in [-0.25, -0.2) is 0 Å². The first kappa shape index (κ1) is 13.2. The molecule has 0 fully saturated rings. The molecule has 0 saturated heterocycles. The van der Waals surface area contributed by atoms with Crippen molar-refractivity contribution in [3.8, 4) is 0 Å². The highest BCUT2D eigenvalue weighted by molar-refractivity contribution is 9.12. The van der Waals surface area contributed by atoms with Gasteiger partial charge in [-0.3, -0.25) is 0 Å². The maximum Gasteiger partial charge on any atom is 0.0869 e. The van der Waals surface area contributed by atoms with Crippen LogP contribution in [0.25, 0.3) is 5.57 Å². The smallest absolute Gasteiger partial charge is 0.0651 e. The van der Waals surface area contributed by atoms with Gasteiger partial charge in [-0.2, -0.15) is 0 Å². The zero-order chi connectivity index (χ0) is 11.6. The number of allylic oxidation sites excluding steroid dienone is 1. The third-order valence-electron chi connectivity index (χ3n) is 2.27. The number of halogens is 2. The Balaban J connectivity index is 3.26. The minimum Gasteiger partial charge on any atom is -0.0651 e. The zero-order valence-corrected chi connectivity index (χ0v) is 13.7. The molecule has 0 N–H and O–H groups in total. The fourth-order valence-electron chi connectivity index (χ4n) is 1.45. The summed E-state index contributed by atoms with van der Waals surface area (Å²) in [4.78, 5) is 0. The van der Waals surface area contributed by atoms with E-state index in [0.717, 1.165) is 4.47 Å². The van der Waals surface area contributed by atoms with E-state index in [1.54, 1.807) is 0 Å². The molecule has 1 aromatic rings. The quantitative estimate of drug-likeness (QED) is 0.624. The molecular formula is C12H16Br2Si. The Morgan fingerprint density at radius 3 is 2.13 bits per heavy atom. The van der Waals surface area contributed by atoms with E-state index >= 15 is 0 Å². The van der Waals surface area contributed by atoms with Crippen molar-refractivity contribution >= 4 is 45.5 Å². The van der Waals surface area contributed by atoms with Crippen LogP contribution in [-0.4, -0.2) is 8.07 Å². The molecule has 1 aromatic carbocycles. The molecule has 1 rings (SSSR count). The van der Waals surface area contributed by atoms with Crippen molar-refractivity contribution < 1.29 is 0 Å². The Morgan fingerprint density at radius 1 is 1.13 bits per heavy atom. The van der Waals surface area contributed by atoms with Crippen LogP contribution in [0.1, 0.15) is 12.5 Å². The lowest BCUT2D eigenvalue weighted by Gasteiger charge is -2.19. The summed E-state index contributed by atoms with van der Waals surface area (Å²) >= 11 is 7.35. The van der Waals surface area contributed by atoms with Crippen molar-refractivity contribution in [2.24, 2.45) is 0 Å². The average molecular weight is 348 g/mol. The van der Waals surface area contributed by atoms with Crippen LogP contribution in [-0.2, 0) is 0 Å². The van der Waals surface area contributed by atoms with Crippen molar-refractivity contribution in [3.63, 3.8) is 0 Å². The van der Waals surface area contributed by atoms with E-state index < -0.39 is 8.07 Å². The number of rotatable bonds is 2. The van der Waals surface area contributed by atoms with Gasteiger partial charge in [0.1, 0.15) is 0 Å². The van der Waals surface area contributed by atoms with E-state index in [1.807, 2.05) is 6.07 Å². The van der Waals surface area contributed by atoms with Gasteiger partial charge in [-0.1, -0.05) is 69.7 Å². The molecule has 15 heavy (non-hydrogen) atoms. The van der Waals surface area contributed by atoms with Crippen LogP contribution in [0.4, 0.5) is 0 Å². The molecule has 0 radical (unpaired) electrons. The highest BCUT2D eigenvalue weighted by atomic mass is 79.9. The second-order valence-corrected chi connectivity index (χ2v) is 12.0. The zero-order valence-electron chi connectivity index (χ0n) is 9.57. The molecular weight excluding hydrogens is 332 g/mol. The maximum atomic E-state index is 3.76. The minimum atomic E-state index is -1.25. The van der Waals surface area contributed by atoms with E-state index in [1.165, 1.54) is 15.2 Å². The summed E-state index contributed by atoms with van der Waals surface area (Å²) in [5.41, 5.74) is 2.63. The monoisotopic (exact) mass is 346 g/mol. The minimum absolute atomic E-state index is 1.16. The van der Waals surface area contributed by atoms with E-state index in [4.69, 9.17) is 0 Å². The summed E-state index contributed by atoms with van der Waals surface area (Å²) < 4.78 is 2.56. The van der Waals surface area contributed by atoms with Crippen LogP contribution in [0.3, 0.4) is 0 Å². The summed E-state index contributed by atoms with van der Waals surface area (Å²) in [6, 6.07) is 8.36. The highest BCUT2D eigenvalue weighted by Gasteiger charge is 2.20. The predicted octanol–water partition coefficient (Wildman–Crippen LogP) is 5.45. The first-order valence-corrected chi connectivity index (χ1v) is 10.0. The third-order valence-corrected chi connectivity index (χ3v) is 8.81. The fraction of sp³-hybridized carbons (Fsp3) is 0.333. The molecule has 0 spiro atoms. The SMILES string of the molecule is C/C(=C(/Br)[Si](C)(C)C)c1ccccc1Br. The van der Waals surface area contributed by atoms with Gasteiger partial charge in [0.15, 0.2) is 0 Å². The molecule has 0 heterocycles. The first-order chi connectivity index (χ1) is 6.84. The van der Waals surface area contributed by atoms with Gasteiger partial charge >= 0.3 is 0 Å². The lowest BCUT2D eigenvalue weighted by Crippen LogP contribution is -2.21. The van der Waals surface area contributed by atoms with Gasteiger partial charge < -0.3 is 0 Å². The van der Waals surface area contributed by atoms with Crippen molar-refractivity contribution in [2.75, 3.05) is 0 Å². The second-order valence-electron chi connectivity index (χ2n) is 4.67. The topological polar surface area (TPSA) is 0 Å². The van der Waals surface area contributed by atoms with Crippen molar-refractivity contribution in [2.45, 2.75) is 26.6 Å². The summed E-state index contributed by atoms with van der Waals surface area (Å²) in [6.45, 7) is 9.22. The van der Waals surface area contributed by atoms with Crippen molar-refractivity contribution in [1.82, 2.24) is 0 Å². The normalized spacial score (nSPS) is 13.7. The molecule has 0 aliphatic heterocycles. The van der Waals surface area contributed by atoms with Gasteiger partial charge in [0, 0.05) is 4.47 Å². The Morgan fingerprint density at radius 2 is 1.67 bits per heavy atom. The van der Waals surface area contributed by atoms with E-state index in [-0.39, 0.29) is 0 Å². The Kier molecular flexibility index (Phi) is 4.38. The lowest BCUT2D eigenvalue weighted by molar-refractivity contribution is 1.52. The van der Waals surface area contributed by atoms with Gasteiger partial charge in [0.2, 0.25) is 0 Å². The van der Waals surface area contributed by atoms with Crippen molar-refractivity contribution in [3.05, 3.63) is 38.4 Å². The van der Waals surface area contributed by atoms with Gasteiger partial charge in [-0.15, -0.1) is 0 Å². The molecule has 0 aromatic heterocycles.